The summed E-state index contributed by atoms with van der Waals surface area (Å²) in [5.41, 5.74) is 0. The first kappa shape index (κ1) is 25.6. The summed E-state index contributed by atoms with van der Waals surface area (Å²) < 4.78 is 64.2. The predicted octanol–water partition coefficient (Wildman–Crippen LogP) is 6.86. The van der Waals surface area contributed by atoms with Gasteiger partial charge >= 0.3 is 36.4 Å². The maximum absolute atomic E-state index is 11.2. The number of rotatable bonds is 12. The molecule has 0 atom stereocenters. The van der Waals surface area contributed by atoms with E-state index in [-0.39, 0.29) is 0 Å². The van der Waals surface area contributed by atoms with E-state index >= 15 is 0 Å². The Morgan fingerprint density at radius 2 is 1.19 bits per heavy atom. The van der Waals surface area contributed by atoms with Crippen molar-refractivity contribution in [3.63, 3.8) is 0 Å². The minimum atomic E-state index is -11.2. The van der Waals surface area contributed by atoms with Gasteiger partial charge in [0.2, 0.25) is 6.33 Å². The molecule has 0 saturated heterocycles. The van der Waals surface area contributed by atoms with Crippen molar-refractivity contribution in [2.24, 2.45) is 0 Å². The summed E-state index contributed by atoms with van der Waals surface area (Å²) in [6, 6.07) is 0. The third kappa shape index (κ3) is 23.6. The van der Waals surface area contributed by atoms with Crippen molar-refractivity contribution in [1.29, 1.82) is 0 Å². The molecule has 1 heterocycles. The van der Waals surface area contributed by atoms with Gasteiger partial charge in [0.25, 0.3) is 0 Å². The van der Waals surface area contributed by atoms with Crippen LogP contribution in [0.1, 0.15) is 78.1 Å². The zero-order chi connectivity index (χ0) is 20.2. The molecule has 0 fully saturated rings. The van der Waals surface area contributed by atoms with Crippen molar-refractivity contribution in [2.75, 3.05) is 0 Å². The van der Waals surface area contributed by atoms with E-state index < -0.39 is 19.5 Å². The third-order valence-corrected chi connectivity index (χ3v) is 3.79. The van der Waals surface area contributed by atoms with Crippen molar-refractivity contribution >= 4 is 19.5 Å². The van der Waals surface area contributed by atoms with Crippen LogP contribution in [0, 0.1) is 0 Å². The number of halogens is 6. The Balaban J connectivity index is 0.000000758. The fourth-order valence-electron chi connectivity index (χ4n) is 2.47. The number of imidazole rings is 1. The van der Waals surface area contributed by atoms with E-state index in [4.69, 9.17) is 0 Å². The predicted molar refractivity (Wildman–Crippen MR) is 94.5 cm³/mol. The summed E-state index contributed by atoms with van der Waals surface area (Å²) in [7, 11) is 0. The number of aromatic nitrogens is 2. The Bertz CT molecular complexity index is 473. The second-order valence-electron chi connectivity index (χ2n) is 6.68. The van der Waals surface area contributed by atoms with Crippen LogP contribution in [0.15, 0.2) is 18.7 Å². The van der Waals surface area contributed by atoms with Crippen molar-refractivity contribution < 1.29 is 21.4 Å². The molecule has 0 bridgehead atoms. The summed E-state index contributed by atoms with van der Waals surface area (Å²) in [5.74, 6) is 0. The van der Waals surface area contributed by atoms with Crippen LogP contribution in [-0.2, 0) is 13.1 Å². The minimum absolute atomic E-state index is 1.17. The molecule has 158 valence electrons. The average molecular weight is 501 g/mol. The Kier molecular flexibility index (Phi) is 10.7. The van der Waals surface area contributed by atoms with E-state index in [1.807, 2.05) is 0 Å². The molecule has 0 spiro atoms. The molecule has 0 saturated carbocycles. The molecule has 0 aliphatic carbocycles. The Morgan fingerprint density at radius 3 is 1.69 bits per heavy atom. The van der Waals surface area contributed by atoms with Crippen LogP contribution in [-0.4, -0.2) is 24.0 Å². The molecule has 2 nitrogen and oxygen atoms in total. The molecule has 0 aliphatic heterocycles. The van der Waals surface area contributed by atoms with Gasteiger partial charge in [0.05, 0.1) is 13.1 Å². The number of nitrogens with zero attached hydrogens (tertiary/aromatic N) is 2. The second-order valence-corrected chi connectivity index (χ2v) is 12.1. The molecule has 0 aromatic carbocycles. The first-order chi connectivity index (χ1) is 11.8. The van der Waals surface area contributed by atoms with Crippen molar-refractivity contribution in [1.82, 2.24) is 4.57 Å². The maximum atomic E-state index is 9.93. The molecule has 9 heteroatoms. The van der Waals surface area contributed by atoms with Crippen LogP contribution in [0.25, 0.3) is 0 Å². The fourth-order valence-corrected chi connectivity index (χ4v) is 2.47. The van der Waals surface area contributed by atoms with Gasteiger partial charge in [0, 0.05) is 0 Å². The van der Waals surface area contributed by atoms with Gasteiger partial charge in [-0.25, -0.2) is 9.13 Å². The molecular formula is C17H33F6N2Sb. The van der Waals surface area contributed by atoms with Crippen LogP contribution in [0.5, 0.6) is 0 Å². The SMILES string of the molecule is CCCCCCCCCC[n+]1ccn(CCCC)c1.[F][Sb-]([F])([F])([F])([F])[F]. The molecular weight excluding hydrogens is 468 g/mol. The summed E-state index contributed by atoms with van der Waals surface area (Å²) >= 11 is -11.2. The summed E-state index contributed by atoms with van der Waals surface area (Å²) in [5, 5.41) is 0. The monoisotopic (exact) mass is 500 g/mol. The van der Waals surface area contributed by atoms with E-state index in [1.54, 1.807) is 0 Å². The van der Waals surface area contributed by atoms with Gasteiger partial charge in [-0.05, 0) is 19.3 Å². The molecule has 26 heavy (non-hydrogen) atoms. The molecule has 1 aromatic heterocycles. The van der Waals surface area contributed by atoms with Crippen LogP contribution in [0.3, 0.4) is 0 Å². The van der Waals surface area contributed by atoms with Gasteiger partial charge in [0.1, 0.15) is 12.4 Å². The molecule has 1 aromatic rings. The molecule has 0 radical (unpaired) electrons. The van der Waals surface area contributed by atoms with E-state index in [9.17, 15) is 16.9 Å². The molecule has 0 N–H and O–H groups in total. The standard InChI is InChI=1S/C17H33N2.6FH.Sb/c1-3-5-7-8-9-10-11-12-14-19-16-15-18(17-19)13-6-4-2;;;;;;;/h15-17H,3-14H2,1-2H3;6*1H;/q+1;;;;;;;+5/p-6. The number of unbranched alkanes of at least 4 members (excludes halogenated alkanes) is 8. The van der Waals surface area contributed by atoms with Crippen LogP contribution in [0.2, 0.25) is 0 Å². The van der Waals surface area contributed by atoms with Gasteiger partial charge in [-0.15, -0.1) is 0 Å². The van der Waals surface area contributed by atoms with Gasteiger partial charge in [-0.1, -0.05) is 58.8 Å². The van der Waals surface area contributed by atoms with E-state index in [0.717, 1.165) is 0 Å². The number of hydrogen-bond acceptors (Lipinski definition) is 0. The first-order valence-corrected chi connectivity index (χ1v) is 15.2. The van der Waals surface area contributed by atoms with Crippen molar-refractivity contribution in [2.45, 2.75) is 91.1 Å². The molecule has 0 amide bonds. The Hall–Kier alpha value is -0.392. The fraction of sp³-hybridized carbons (Fsp3) is 0.824. The van der Waals surface area contributed by atoms with E-state index in [0.29, 0.717) is 0 Å². The zero-order valence-corrected chi connectivity index (χ0v) is 18.4. The van der Waals surface area contributed by atoms with Crippen LogP contribution < -0.4 is 4.57 Å². The average Bonchev–Trinajstić information content (AvgIpc) is 2.92. The normalized spacial score (nSPS) is 14.3. The topological polar surface area (TPSA) is 8.81 Å². The summed E-state index contributed by atoms with van der Waals surface area (Å²) in [6.07, 6.45) is 20.5. The van der Waals surface area contributed by atoms with Gasteiger partial charge in [-0.3, -0.25) is 0 Å². The number of aryl methyl sites for hydroxylation is 2. The molecule has 1 rings (SSSR count). The van der Waals surface area contributed by atoms with Crippen molar-refractivity contribution in [3.05, 3.63) is 18.7 Å². The Morgan fingerprint density at radius 1 is 0.731 bits per heavy atom. The summed E-state index contributed by atoms with van der Waals surface area (Å²) in [4.78, 5) is 0. The van der Waals surface area contributed by atoms with Gasteiger partial charge in [-0.2, -0.15) is 0 Å². The van der Waals surface area contributed by atoms with Gasteiger partial charge < -0.3 is 0 Å². The van der Waals surface area contributed by atoms with Gasteiger partial charge in [0.15, 0.2) is 0 Å². The third-order valence-electron chi connectivity index (χ3n) is 3.79. The Labute approximate surface area is 155 Å². The molecule has 0 unspecified atom stereocenters. The summed E-state index contributed by atoms with van der Waals surface area (Å²) in [6.45, 7) is 6.89. The quantitative estimate of drug-likeness (QED) is 0.128. The first-order valence-electron chi connectivity index (χ1n) is 9.43. The van der Waals surface area contributed by atoms with E-state index in [1.165, 1.54) is 77.3 Å². The van der Waals surface area contributed by atoms with Crippen molar-refractivity contribution in [3.8, 4) is 0 Å². The molecule has 0 aliphatic rings. The number of hydrogen-bond donors (Lipinski definition) is 0. The van der Waals surface area contributed by atoms with Crippen LogP contribution in [0.4, 0.5) is 16.9 Å². The van der Waals surface area contributed by atoms with E-state index in [2.05, 4.69) is 41.7 Å². The zero-order valence-electron chi connectivity index (χ0n) is 15.8. The second kappa shape index (κ2) is 10.8. The van der Waals surface area contributed by atoms with Crippen LogP contribution >= 0.6 is 0 Å².